The standard InChI is InChI=1S/C16H31BN2O2Si/c1-15(2)16(3,4)21-17(20-15)14-10-11-18-19(14)12-8-9-13-22(5,6)7/h10-11H,8-9,12-13H2,1-7H3. The zero-order valence-corrected chi connectivity index (χ0v) is 16.3. The number of hydrogen-bond donors (Lipinski definition) is 0. The van der Waals surface area contributed by atoms with Crippen molar-refractivity contribution in [3.63, 3.8) is 0 Å². The SMILES string of the molecule is CC1(C)OB(c2ccnn2CCCC[Si](C)(C)C)OC1(C)C. The van der Waals surface area contributed by atoms with E-state index in [4.69, 9.17) is 9.31 Å². The predicted molar refractivity (Wildman–Crippen MR) is 95.3 cm³/mol. The number of hydrogen-bond acceptors (Lipinski definition) is 3. The zero-order valence-electron chi connectivity index (χ0n) is 15.3. The molecule has 0 bridgehead atoms. The lowest BCUT2D eigenvalue weighted by atomic mass is 9.84. The van der Waals surface area contributed by atoms with Crippen LogP contribution >= 0.6 is 0 Å². The molecule has 0 atom stereocenters. The van der Waals surface area contributed by atoms with Gasteiger partial charge in [-0.05, 0) is 40.2 Å². The highest BCUT2D eigenvalue weighted by Gasteiger charge is 2.52. The normalized spacial score (nSPS) is 20.6. The van der Waals surface area contributed by atoms with Crippen LogP contribution in [0.25, 0.3) is 0 Å². The van der Waals surface area contributed by atoms with Crippen LogP contribution in [-0.2, 0) is 15.9 Å². The Morgan fingerprint density at radius 3 is 2.23 bits per heavy atom. The molecule has 22 heavy (non-hydrogen) atoms. The molecule has 1 aromatic heterocycles. The minimum atomic E-state index is -0.936. The van der Waals surface area contributed by atoms with E-state index in [2.05, 4.69) is 52.4 Å². The van der Waals surface area contributed by atoms with Gasteiger partial charge in [0, 0.05) is 20.8 Å². The van der Waals surface area contributed by atoms with Crippen molar-refractivity contribution in [1.29, 1.82) is 0 Å². The summed E-state index contributed by atoms with van der Waals surface area (Å²) in [5.74, 6) is 0. The van der Waals surface area contributed by atoms with Gasteiger partial charge in [-0.25, -0.2) is 0 Å². The Morgan fingerprint density at radius 1 is 1.09 bits per heavy atom. The summed E-state index contributed by atoms with van der Waals surface area (Å²) < 4.78 is 14.3. The topological polar surface area (TPSA) is 36.3 Å². The Balaban J connectivity index is 1.96. The van der Waals surface area contributed by atoms with Crippen molar-refractivity contribution in [2.45, 2.75) is 84.0 Å². The van der Waals surface area contributed by atoms with E-state index in [0.717, 1.165) is 12.1 Å². The van der Waals surface area contributed by atoms with Crippen LogP contribution in [0.1, 0.15) is 40.5 Å². The molecule has 0 radical (unpaired) electrons. The average molecular weight is 322 g/mol. The van der Waals surface area contributed by atoms with Crippen LogP contribution in [0.15, 0.2) is 12.3 Å². The second-order valence-corrected chi connectivity index (χ2v) is 14.2. The van der Waals surface area contributed by atoms with Gasteiger partial charge in [-0.1, -0.05) is 32.1 Å². The van der Waals surface area contributed by atoms with Gasteiger partial charge in [0.2, 0.25) is 0 Å². The third-order valence-electron chi connectivity index (χ3n) is 4.79. The quantitative estimate of drug-likeness (QED) is 0.595. The Bertz CT molecular complexity index is 492. The Morgan fingerprint density at radius 2 is 1.68 bits per heavy atom. The van der Waals surface area contributed by atoms with E-state index in [9.17, 15) is 0 Å². The summed E-state index contributed by atoms with van der Waals surface area (Å²) in [4.78, 5) is 0. The van der Waals surface area contributed by atoms with Crippen LogP contribution in [0, 0.1) is 0 Å². The fraction of sp³-hybridized carbons (Fsp3) is 0.812. The van der Waals surface area contributed by atoms with Crippen LogP contribution in [0.3, 0.4) is 0 Å². The van der Waals surface area contributed by atoms with Crippen molar-refractivity contribution in [3.05, 3.63) is 12.3 Å². The maximum atomic E-state index is 6.13. The molecule has 1 aliphatic rings. The van der Waals surface area contributed by atoms with E-state index in [1.54, 1.807) is 0 Å². The fourth-order valence-corrected chi connectivity index (χ4v) is 3.92. The lowest BCUT2D eigenvalue weighted by Crippen LogP contribution is -2.41. The van der Waals surface area contributed by atoms with Gasteiger partial charge < -0.3 is 9.31 Å². The van der Waals surface area contributed by atoms with E-state index in [0.29, 0.717) is 0 Å². The molecule has 4 nitrogen and oxygen atoms in total. The molecule has 0 aliphatic carbocycles. The van der Waals surface area contributed by atoms with E-state index in [1.807, 2.05) is 16.9 Å². The highest BCUT2D eigenvalue weighted by molar-refractivity contribution is 6.76. The number of unbranched alkanes of at least 4 members (excludes halogenated alkanes) is 1. The van der Waals surface area contributed by atoms with Gasteiger partial charge >= 0.3 is 7.12 Å². The summed E-state index contributed by atoms with van der Waals surface area (Å²) in [5, 5.41) is 4.46. The van der Waals surface area contributed by atoms with Crippen LogP contribution in [-0.4, -0.2) is 36.2 Å². The maximum Gasteiger partial charge on any atom is 0.514 e. The molecule has 0 aromatic carbocycles. The van der Waals surface area contributed by atoms with E-state index in [1.165, 1.54) is 18.9 Å². The Kier molecular flexibility index (Phi) is 4.95. The van der Waals surface area contributed by atoms with Crippen molar-refractivity contribution < 1.29 is 9.31 Å². The minimum Gasteiger partial charge on any atom is -0.398 e. The second-order valence-electron chi connectivity index (χ2n) is 8.59. The van der Waals surface area contributed by atoms with E-state index < -0.39 is 8.07 Å². The third-order valence-corrected chi connectivity index (χ3v) is 6.64. The molecule has 2 rings (SSSR count). The van der Waals surface area contributed by atoms with Crippen LogP contribution in [0.5, 0.6) is 0 Å². The molecular weight excluding hydrogens is 291 g/mol. The smallest absolute Gasteiger partial charge is 0.398 e. The van der Waals surface area contributed by atoms with Gasteiger partial charge in [-0.3, -0.25) is 4.68 Å². The third kappa shape index (κ3) is 4.03. The molecule has 1 aromatic rings. The molecule has 0 saturated carbocycles. The number of nitrogens with zero attached hydrogens (tertiary/aromatic N) is 2. The highest BCUT2D eigenvalue weighted by Crippen LogP contribution is 2.36. The first-order chi connectivity index (χ1) is 10.0. The summed E-state index contributed by atoms with van der Waals surface area (Å²) in [7, 11) is -1.25. The van der Waals surface area contributed by atoms with Crippen LogP contribution in [0.2, 0.25) is 25.7 Å². The van der Waals surface area contributed by atoms with Crippen molar-refractivity contribution in [2.75, 3.05) is 0 Å². The number of rotatable bonds is 6. The first-order valence-electron chi connectivity index (χ1n) is 8.39. The summed E-state index contributed by atoms with van der Waals surface area (Å²) >= 11 is 0. The second kappa shape index (κ2) is 6.13. The molecule has 0 N–H and O–H groups in total. The van der Waals surface area contributed by atoms with Crippen molar-refractivity contribution >= 4 is 20.8 Å². The summed E-state index contributed by atoms with van der Waals surface area (Å²) in [6, 6.07) is 3.39. The largest absolute Gasteiger partial charge is 0.514 e. The molecule has 1 saturated heterocycles. The van der Waals surface area contributed by atoms with Crippen molar-refractivity contribution in [3.8, 4) is 0 Å². The fourth-order valence-electron chi connectivity index (χ4n) is 2.61. The Labute approximate surface area is 136 Å². The van der Waals surface area contributed by atoms with Crippen molar-refractivity contribution in [2.24, 2.45) is 0 Å². The van der Waals surface area contributed by atoms with Gasteiger partial charge in [0.15, 0.2) is 0 Å². The van der Waals surface area contributed by atoms with Crippen LogP contribution in [0.4, 0.5) is 0 Å². The molecule has 0 spiro atoms. The molecule has 0 unspecified atom stereocenters. The summed E-state index contributed by atoms with van der Waals surface area (Å²) in [6.07, 6.45) is 4.29. The number of aryl methyl sites for hydroxylation is 1. The first kappa shape index (κ1) is 17.8. The molecule has 6 heteroatoms. The first-order valence-corrected chi connectivity index (χ1v) is 12.1. The molecule has 124 valence electrons. The molecule has 0 amide bonds. The average Bonchev–Trinajstić information content (AvgIpc) is 2.87. The zero-order chi connectivity index (χ0) is 16.6. The monoisotopic (exact) mass is 322 g/mol. The molecular formula is C16H31BN2O2Si. The van der Waals surface area contributed by atoms with Crippen LogP contribution < -0.4 is 5.59 Å². The highest BCUT2D eigenvalue weighted by atomic mass is 28.3. The van der Waals surface area contributed by atoms with Gasteiger partial charge in [0.1, 0.15) is 0 Å². The van der Waals surface area contributed by atoms with Gasteiger partial charge in [-0.2, -0.15) is 5.10 Å². The van der Waals surface area contributed by atoms with Gasteiger partial charge in [-0.15, -0.1) is 0 Å². The molecule has 1 fully saturated rings. The summed E-state index contributed by atoms with van der Waals surface area (Å²) in [6.45, 7) is 16.6. The maximum absolute atomic E-state index is 6.13. The lowest BCUT2D eigenvalue weighted by Gasteiger charge is -2.32. The lowest BCUT2D eigenvalue weighted by molar-refractivity contribution is 0.00578. The van der Waals surface area contributed by atoms with Gasteiger partial charge in [0.25, 0.3) is 0 Å². The Hall–Kier alpha value is -0.588. The minimum absolute atomic E-state index is 0.301. The molecule has 1 aliphatic heterocycles. The van der Waals surface area contributed by atoms with Gasteiger partial charge in [0.05, 0.1) is 16.8 Å². The van der Waals surface area contributed by atoms with E-state index in [-0.39, 0.29) is 18.3 Å². The number of aromatic nitrogens is 2. The molecule has 2 heterocycles. The summed E-state index contributed by atoms with van der Waals surface area (Å²) in [5.41, 5.74) is 0.432. The van der Waals surface area contributed by atoms with Crippen molar-refractivity contribution in [1.82, 2.24) is 9.78 Å². The predicted octanol–water partition coefficient (Wildman–Crippen LogP) is 3.30. The van der Waals surface area contributed by atoms with E-state index >= 15 is 0 Å².